The first-order valence-corrected chi connectivity index (χ1v) is 11.1. The van der Waals surface area contributed by atoms with Gasteiger partial charge >= 0.3 is 0 Å². The van der Waals surface area contributed by atoms with Gasteiger partial charge in [0, 0.05) is 45.1 Å². The molecule has 1 aliphatic heterocycles. The zero-order chi connectivity index (χ0) is 23.9. The summed E-state index contributed by atoms with van der Waals surface area (Å²) in [7, 11) is 1.94. The first-order chi connectivity index (χ1) is 15.5. The van der Waals surface area contributed by atoms with E-state index < -0.39 is 0 Å². The summed E-state index contributed by atoms with van der Waals surface area (Å²) in [4.78, 5) is 16.1. The predicted octanol–water partition coefficient (Wildman–Crippen LogP) is 4.53. The van der Waals surface area contributed by atoms with Crippen molar-refractivity contribution in [3.8, 4) is 0 Å². The number of benzene rings is 1. The van der Waals surface area contributed by atoms with Gasteiger partial charge in [0.2, 0.25) is 5.95 Å². The van der Waals surface area contributed by atoms with Crippen LogP contribution in [0.25, 0.3) is 11.2 Å². The molecule has 0 bridgehead atoms. The molecule has 0 unspecified atom stereocenters. The van der Waals surface area contributed by atoms with Gasteiger partial charge < -0.3 is 19.5 Å². The molecule has 4 rings (SSSR count). The minimum absolute atomic E-state index is 0.0432. The average Bonchev–Trinajstić information content (AvgIpc) is 3.05. The van der Waals surface area contributed by atoms with Gasteiger partial charge in [0.25, 0.3) is 0 Å². The highest BCUT2D eigenvalue weighted by molar-refractivity contribution is 5.88. The lowest BCUT2D eigenvalue weighted by atomic mass is 9.86. The van der Waals surface area contributed by atoms with Crippen LogP contribution in [0.5, 0.6) is 0 Å². The predicted molar refractivity (Wildman–Crippen MR) is 132 cm³/mol. The SMILES string of the molecule is CC(=N)OC(=N)CC1CN(c2nc(Nc3cc(C(C)(C)C)ccc3C)c3c(ncn3C)n2)C1. The Bertz CT molecular complexity index is 1220. The molecule has 1 aliphatic rings. The number of anilines is 3. The van der Waals surface area contributed by atoms with E-state index in [-0.39, 0.29) is 23.1 Å². The smallest absolute Gasteiger partial charge is 0.229 e. The molecule has 0 atom stereocenters. The zero-order valence-corrected chi connectivity index (χ0v) is 20.2. The van der Waals surface area contributed by atoms with Crippen molar-refractivity contribution in [2.24, 2.45) is 13.0 Å². The summed E-state index contributed by atoms with van der Waals surface area (Å²) in [6, 6.07) is 6.50. The van der Waals surface area contributed by atoms with Gasteiger partial charge in [0.05, 0.1) is 6.33 Å². The van der Waals surface area contributed by atoms with E-state index in [1.54, 1.807) is 6.33 Å². The van der Waals surface area contributed by atoms with E-state index >= 15 is 0 Å². The van der Waals surface area contributed by atoms with Gasteiger partial charge in [-0.2, -0.15) is 9.97 Å². The van der Waals surface area contributed by atoms with Crippen LogP contribution in [0.15, 0.2) is 24.5 Å². The first kappa shape index (κ1) is 22.7. The summed E-state index contributed by atoms with van der Waals surface area (Å²) < 4.78 is 7.01. The third-order valence-electron chi connectivity index (χ3n) is 5.91. The largest absolute Gasteiger partial charge is 0.430 e. The lowest BCUT2D eigenvalue weighted by molar-refractivity contribution is 0.388. The van der Waals surface area contributed by atoms with Crippen molar-refractivity contribution in [2.75, 3.05) is 23.3 Å². The molecule has 1 fully saturated rings. The first-order valence-electron chi connectivity index (χ1n) is 11.1. The Balaban J connectivity index is 1.59. The number of nitrogens with zero attached hydrogens (tertiary/aromatic N) is 5. The lowest BCUT2D eigenvalue weighted by Gasteiger charge is -2.39. The molecule has 3 aromatic rings. The minimum atomic E-state index is 0.0432. The van der Waals surface area contributed by atoms with Crippen molar-refractivity contribution < 1.29 is 4.74 Å². The number of imidazole rings is 1. The second-order valence-corrected chi connectivity index (χ2v) is 9.86. The summed E-state index contributed by atoms with van der Waals surface area (Å²) in [5, 5.41) is 18.8. The van der Waals surface area contributed by atoms with Crippen LogP contribution in [0.1, 0.15) is 45.2 Å². The van der Waals surface area contributed by atoms with Crippen LogP contribution in [0.2, 0.25) is 0 Å². The number of aryl methyl sites for hydroxylation is 2. The Hall–Kier alpha value is -3.49. The third kappa shape index (κ3) is 4.81. The number of nitrogens with one attached hydrogen (secondary N) is 3. The van der Waals surface area contributed by atoms with Crippen LogP contribution in [0.4, 0.5) is 17.5 Å². The fraction of sp³-hybridized carbons (Fsp3) is 0.458. The molecule has 0 saturated carbocycles. The van der Waals surface area contributed by atoms with E-state index in [2.05, 4.69) is 66.1 Å². The fourth-order valence-corrected chi connectivity index (χ4v) is 3.98. The molecule has 1 saturated heterocycles. The Morgan fingerprint density at radius 3 is 2.61 bits per heavy atom. The van der Waals surface area contributed by atoms with E-state index in [0.29, 0.717) is 18.0 Å². The van der Waals surface area contributed by atoms with Gasteiger partial charge in [0.1, 0.15) is 5.52 Å². The summed E-state index contributed by atoms with van der Waals surface area (Å²) >= 11 is 0. The number of fused-ring (bicyclic) bond motifs is 1. The van der Waals surface area contributed by atoms with Crippen LogP contribution in [-0.4, -0.2) is 44.4 Å². The van der Waals surface area contributed by atoms with Gasteiger partial charge in [-0.05, 0) is 29.5 Å². The van der Waals surface area contributed by atoms with Crippen LogP contribution >= 0.6 is 0 Å². The summed E-state index contributed by atoms with van der Waals surface area (Å²) in [6.07, 6.45) is 2.26. The van der Waals surface area contributed by atoms with Crippen LogP contribution in [0.3, 0.4) is 0 Å². The van der Waals surface area contributed by atoms with Crippen molar-refractivity contribution >= 4 is 40.4 Å². The molecule has 0 aliphatic carbocycles. The molecule has 0 amide bonds. The Labute approximate surface area is 194 Å². The molecule has 2 aromatic heterocycles. The molecule has 3 N–H and O–H groups in total. The molecule has 33 heavy (non-hydrogen) atoms. The topological polar surface area (TPSA) is 116 Å². The maximum absolute atomic E-state index is 7.87. The number of ether oxygens (including phenoxy) is 1. The highest BCUT2D eigenvalue weighted by atomic mass is 16.5. The third-order valence-corrected chi connectivity index (χ3v) is 5.91. The van der Waals surface area contributed by atoms with Crippen LogP contribution in [-0.2, 0) is 17.2 Å². The number of hydrogen-bond acceptors (Lipinski definition) is 8. The van der Waals surface area contributed by atoms with Crippen molar-refractivity contribution in [3.05, 3.63) is 35.7 Å². The molecule has 1 aromatic carbocycles. The van der Waals surface area contributed by atoms with Gasteiger partial charge in [-0.3, -0.25) is 10.8 Å². The number of aromatic nitrogens is 4. The molecular formula is C24H32N8O. The Kier molecular flexibility index (Phi) is 5.82. The highest BCUT2D eigenvalue weighted by Crippen LogP contribution is 2.32. The molecule has 9 nitrogen and oxygen atoms in total. The standard InChI is InChI=1S/C24H32N8O/c1-14-7-8-17(24(3,4)5)10-18(14)28-22-20-21(27-13-31(20)6)29-23(30-22)32-11-16(12-32)9-19(26)33-15(2)25/h7-8,10,13,16,25-26H,9,11-12H2,1-6H3,(H,28,29,30). The summed E-state index contributed by atoms with van der Waals surface area (Å²) in [5.74, 6) is 1.80. The van der Waals surface area contributed by atoms with E-state index in [9.17, 15) is 0 Å². The monoisotopic (exact) mass is 448 g/mol. The van der Waals surface area contributed by atoms with Crippen LogP contribution in [0, 0.1) is 23.7 Å². The van der Waals surface area contributed by atoms with Crippen LogP contribution < -0.4 is 10.2 Å². The quantitative estimate of drug-likeness (QED) is 0.390. The highest BCUT2D eigenvalue weighted by Gasteiger charge is 2.31. The minimum Gasteiger partial charge on any atom is -0.430 e. The number of hydrogen-bond donors (Lipinski definition) is 3. The van der Waals surface area contributed by atoms with E-state index in [1.165, 1.54) is 12.5 Å². The van der Waals surface area contributed by atoms with Gasteiger partial charge in [-0.15, -0.1) is 0 Å². The molecule has 9 heteroatoms. The summed E-state index contributed by atoms with van der Waals surface area (Å²) in [5.41, 5.74) is 4.96. The van der Waals surface area contributed by atoms with Gasteiger partial charge in [-0.25, -0.2) is 4.98 Å². The Morgan fingerprint density at radius 2 is 1.94 bits per heavy atom. The van der Waals surface area contributed by atoms with Crippen molar-refractivity contribution in [2.45, 2.75) is 46.5 Å². The molecule has 3 heterocycles. The maximum atomic E-state index is 7.87. The van der Waals surface area contributed by atoms with E-state index in [0.717, 1.165) is 35.7 Å². The lowest BCUT2D eigenvalue weighted by Crippen LogP contribution is -2.48. The van der Waals surface area contributed by atoms with Crippen molar-refractivity contribution in [1.82, 2.24) is 19.5 Å². The second-order valence-electron chi connectivity index (χ2n) is 9.86. The molecular weight excluding hydrogens is 416 g/mol. The maximum Gasteiger partial charge on any atom is 0.229 e. The molecule has 174 valence electrons. The van der Waals surface area contributed by atoms with Crippen molar-refractivity contribution in [3.63, 3.8) is 0 Å². The summed E-state index contributed by atoms with van der Waals surface area (Å²) in [6.45, 7) is 11.7. The van der Waals surface area contributed by atoms with Crippen molar-refractivity contribution in [1.29, 1.82) is 10.8 Å². The Morgan fingerprint density at radius 1 is 1.21 bits per heavy atom. The molecule has 0 radical (unpaired) electrons. The number of rotatable bonds is 5. The van der Waals surface area contributed by atoms with Gasteiger partial charge in [-0.1, -0.05) is 32.9 Å². The van der Waals surface area contributed by atoms with E-state index in [4.69, 9.17) is 20.5 Å². The van der Waals surface area contributed by atoms with E-state index in [1.807, 2.05) is 11.6 Å². The second kappa shape index (κ2) is 8.46. The fourth-order valence-electron chi connectivity index (χ4n) is 3.98. The van der Waals surface area contributed by atoms with Gasteiger partial charge in [0.15, 0.2) is 23.3 Å². The average molecular weight is 449 g/mol. The normalized spacial score (nSPS) is 14.3. The zero-order valence-electron chi connectivity index (χ0n) is 20.2. The molecule has 0 spiro atoms.